The molecule has 0 saturated heterocycles. The zero-order chi connectivity index (χ0) is 15.6. The van der Waals surface area contributed by atoms with Gasteiger partial charge in [-0.1, -0.05) is 29.3 Å². The van der Waals surface area contributed by atoms with Crippen LogP contribution in [0, 0.1) is 5.82 Å². The number of carboxylic acids is 1. The average Bonchev–Trinajstić information content (AvgIpc) is 2.43. The highest BCUT2D eigenvalue weighted by Gasteiger charge is 2.15. The highest BCUT2D eigenvalue weighted by Crippen LogP contribution is 2.37. The lowest BCUT2D eigenvalue weighted by molar-refractivity contribution is 0.0696. The molecule has 0 radical (unpaired) electrons. The van der Waals surface area contributed by atoms with Crippen molar-refractivity contribution < 1.29 is 19.0 Å². The summed E-state index contributed by atoms with van der Waals surface area (Å²) in [5.41, 5.74) is 0.416. The molecular formula is C15H11Cl2FO3. The monoisotopic (exact) mass is 328 g/mol. The van der Waals surface area contributed by atoms with E-state index in [1.54, 1.807) is 0 Å². The van der Waals surface area contributed by atoms with E-state index in [0.717, 1.165) is 6.07 Å². The molecule has 0 saturated carbocycles. The van der Waals surface area contributed by atoms with Gasteiger partial charge in [-0.05, 0) is 25.1 Å². The summed E-state index contributed by atoms with van der Waals surface area (Å²) in [7, 11) is 0. The van der Waals surface area contributed by atoms with Crippen LogP contribution < -0.4 is 4.74 Å². The molecule has 0 unspecified atom stereocenters. The van der Waals surface area contributed by atoms with Gasteiger partial charge < -0.3 is 9.84 Å². The highest BCUT2D eigenvalue weighted by molar-refractivity contribution is 6.36. The summed E-state index contributed by atoms with van der Waals surface area (Å²) in [4.78, 5) is 10.8. The molecule has 0 aliphatic heterocycles. The predicted octanol–water partition coefficient (Wildman–Crippen LogP) is 4.90. The third-order valence-electron chi connectivity index (χ3n) is 2.83. The Morgan fingerprint density at radius 2 is 1.90 bits per heavy atom. The fourth-order valence-electron chi connectivity index (χ4n) is 1.87. The minimum Gasteiger partial charge on any atom is -0.492 e. The van der Waals surface area contributed by atoms with Crippen molar-refractivity contribution in [2.24, 2.45) is 0 Å². The number of aromatic carboxylic acids is 1. The van der Waals surface area contributed by atoms with Crippen LogP contribution in [0.2, 0.25) is 10.0 Å². The van der Waals surface area contributed by atoms with Gasteiger partial charge in [-0.25, -0.2) is 9.18 Å². The molecule has 0 aliphatic rings. The van der Waals surface area contributed by atoms with Gasteiger partial charge in [-0.15, -0.1) is 0 Å². The van der Waals surface area contributed by atoms with Crippen molar-refractivity contribution in [2.45, 2.75) is 6.92 Å². The Labute approximate surface area is 130 Å². The first kappa shape index (κ1) is 15.6. The molecule has 1 N–H and O–H groups in total. The lowest BCUT2D eigenvalue weighted by Gasteiger charge is -2.11. The van der Waals surface area contributed by atoms with E-state index in [1.807, 2.05) is 6.92 Å². The van der Waals surface area contributed by atoms with E-state index in [-0.39, 0.29) is 16.1 Å². The van der Waals surface area contributed by atoms with Crippen LogP contribution in [0.3, 0.4) is 0 Å². The number of hydrogen-bond donors (Lipinski definition) is 1. The predicted molar refractivity (Wildman–Crippen MR) is 80.0 cm³/mol. The van der Waals surface area contributed by atoms with Gasteiger partial charge in [-0.3, -0.25) is 0 Å². The zero-order valence-corrected chi connectivity index (χ0v) is 12.5. The Bertz CT molecular complexity index is 702. The molecule has 0 aliphatic carbocycles. The first-order valence-electron chi connectivity index (χ1n) is 6.09. The van der Waals surface area contributed by atoms with E-state index in [1.165, 1.54) is 24.3 Å². The van der Waals surface area contributed by atoms with E-state index in [2.05, 4.69) is 0 Å². The summed E-state index contributed by atoms with van der Waals surface area (Å²) in [5.74, 6) is -1.47. The SMILES string of the molecule is CCOc1cc(Cl)c(-c2ccc(C(=O)O)cc2F)cc1Cl. The van der Waals surface area contributed by atoms with E-state index in [9.17, 15) is 9.18 Å². The van der Waals surface area contributed by atoms with Crippen molar-refractivity contribution in [1.82, 2.24) is 0 Å². The number of hydrogen-bond acceptors (Lipinski definition) is 2. The summed E-state index contributed by atoms with van der Waals surface area (Å²) in [6.07, 6.45) is 0. The normalized spacial score (nSPS) is 10.5. The van der Waals surface area contributed by atoms with Gasteiger partial charge in [0.15, 0.2) is 0 Å². The lowest BCUT2D eigenvalue weighted by atomic mass is 10.0. The number of ether oxygens (including phenoxy) is 1. The summed E-state index contributed by atoms with van der Waals surface area (Å²) >= 11 is 12.2. The largest absolute Gasteiger partial charge is 0.492 e. The Balaban J connectivity index is 2.52. The minimum absolute atomic E-state index is 0.135. The molecule has 2 aromatic carbocycles. The summed E-state index contributed by atoms with van der Waals surface area (Å²) in [6, 6.07) is 6.61. The maximum Gasteiger partial charge on any atom is 0.335 e. The second kappa shape index (κ2) is 6.33. The van der Waals surface area contributed by atoms with Gasteiger partial charge in [0.2, 0.25) is 0 Å². The summed E-state index contributed by atoms with van der Waals surface area (Å²) < 4.78 is 19.4. The van der Waals surface area contributed by atoms with Crippen molar-refractivity contribution in [2.75, 3.05) is 6.61 Å². The molecule has 21 heavy (non-hydrogen) atoms. The maximum absolute atomic E-state index is 14.1. The van der Waals surface area contributed by atoms with Crippen LogP contribution in [0.5, 0.6) is 5.75 Å². The summed E-state index contributed by atoms with van der Waals surface area (Å²) in [6.45, 7) is 2.24. The quantitative estimate of drug-likeness (QED) is 0.868. The first-order valence-corrected chi connectivity index (χ1v) is 6.84. The first-order chi connectivity index (χ1) is 9.93. The molecule has 6 heteroatoms. The topological polar surface area (TPSA) is 46.5 Å². The van der Waals surface area contributed by atoms with Crippen molar-refractivity contribution in [1.29, 1.82) is 0 Å². The van der Waals surface area contributed by atoms with Crippen molar-refractivity contribution in [3.8, 4) is 16.9 Å². The smallest absolute Gasteiger partial charge is 0.335 e. The molecule has 0 amide bonds. The molecular weight excluding hydrogens is 318 g/mol. The van der Waals surface area contributed by atoms with Crippen LogP contribution in [-0.4, -0.2) is 17.7 Å². The van der Waals surface area contributed by atoms with Crippen LogP contribution in [-0.2, 0) is 0 Å². The fraction of sp³-hybridized carbons (Fsp3) is 0.133. The van der Waals surface area contributed by atoms with E-state index >= 15 is 0 Å². The minimum atomic E-state index is -1.20. The second-order valence-electron chi connectivity index (χ2n) is 4.20. The zero-order valence-electron chi connectivity index (χ0n) is 11.0. The Kier molecular flexibility index (Phi) is 4.70. The van der Waals surface area contributed by atoms with E-state index < -0.39 is 11.8 Å². The maximum atomic E-state index is 14.1. The number of carboxylic acid groups (broad SMARTS) is 1. The third kappa shape index (κ3) is 3.28. The van der Waals surface area contributed by atoms with Crippen LogP contribution in [0.1, 0.15) is 17.3 Å². The molecule has 0 fully saturated rings. The Morgan fingerprint density at radius 3 is 2.48 bits per heavy atom. The Morgan fingerprint density at radius 1 is 1.19 bits per heavy atom. The van der Waals surface area contributed by atoms with Gasteiger partial charge in [0.25, 0.3) is 0 Å². The summed E-state index contributed by atoms with van der Waals surface area (Å²) in [5, 5.41) is 9.41. The highest BCUT2D eigenvalue weighted by atomic mass is 35.5. The van der Waals surface area contributed by atoms with Gasteiger partial charge in [0, 0.05) is 17.2 Å². The van der Waals surface area contributed by atoms with Gasteiger partial charge in [0.1, 0.15) is 11.6 Å². The Hall–Kier alpha value is -1.78. The molecule has 3 nitrogen and oxygen atoms in total. The fourth-order valence-corrected chi connectivity index (χ4v) is 2.34. The van der Waals surface area contributed by atoms with Crippen LogP contribution >= 0.6 is 23.2 Å². The number of rotatable bonds is 4. The average molecular weight is 329 g/mol. The molecule has 2 rings (SSSR count). The molecule has 2 aromatic rings. The standard InChI is InChI=1S/C15H11Cl2FO3/c1-2-21-14-7-11(16)10(6-12(14)17)9-4-3-8(15(19)20)5-13(9)18/h3-7H,2H2,1H3,(H,19,20). The van der Waals surface area contributed by atoms with Crippen molar-refractivity contribution in [3.63, 3.8) is 0 Å². The molecule has 0 heterocycles. The van der Waals surface area contributed by atoms with E-state index in [4.69, 9.17) is 33.0 Å². The van der Waals surface area contributed by atoms with Crippen molar-refractivity contribution >= 4 is 29.2 Å². The van der Waals surface area contributed by atoms with Crippen LogP contribution in [0.25, 0.3) is 11.1 Å². The molecule has 0 bridgehead atoms. The van der Waals surface area contributed by atoms with Crippen molar-refractivity contribution in [3.05, 3.63) is 51.8 Å². The molecule has 0 spiro atoms. The number of carbonyl (C=O) groups is 1. The van der Waals surface area contributed by atoms with Crippen LogP contribution in [0.4, 0.5) is 4.39 Å². The lowest BCUT2D eigenvalue weighted by Crippen LogP contribution is -1.98. The number of benzene rings is 2. The van der Waals surface area contributed by atoms with Gasteiger partial charge in [-0.2, -0.15) is 0 Å². The molecule has 0 aromatic heterocycles. The van der Waals surface area contributed by atoms with Gasteiger partial charge in [0.05, 0.1) is 22.2 Å². The second-order valence-corrected chi connectivity index (χ2v) is 5.01. The third-order valence-corrected chi connectivity index (χ3v) is 3.44. The van der Waals surface area contributed by atoms with E-state index in [0.29, 0.717) is 22.9 Å². The molecule has 0 atom stereocenters. The van der Waals surface area contributed by atoms with Gasteiger partial charge >= 0.3 is 5.97 Å². The number of halogens is 3. The molecule has 110 valence electrons. The van der Waals surface area contributed by atoms with Crippen LogP contribution in [0.15, 0.2) is 30.3 Å².